The highest BCUT2D eigenvalue weighted by atomic mass is 16.2. The van der Waals surface area contributed by atoms with Crippen molar-refractivity contribution in [1.82, 2.24) is 25.1 Å². The van der Waals surface area contributed by atoms with Crippen molar-refractivity contribution >= 4 is 23.3 Å². The number of piperidine rings is 1. The number of amides is 2. The molecule has 1 aliphatic heterocycles. The van der Waals surface area contributed by atoms with Crippen LogP contribution in [-0.4, -0.2) is 44.7 Å². The number of hydrogen-bond acceptors (Lipinski definition) is 6. The highest BCUT2D eigenvalue weighted by molar-refractivity contribution is 6.03. The average Bonchev–Trinajstić information content (AvgIpc) is 3.39. The van der Waals surface area contributed by atoms with Crippen LogP contribution in [0.3, 0.4) is 0 Å². The molecule has 218 valence electrons. The Bertz CT molecular complexity index is 1550. The van der Waals surface area contributed by atoms with Gasteiger partial charge >= 0.3 is 6.03 Å². The highest BCUT2D eigenvalue weighted by Crippen LogP contribution is 2.37. The third-order valence-corrected chi connectivity index (χ3v) is 7.71. The number of ketones is 1. The molecule has 1 atom stereocenters. The summed E-state index contributed by atoms with van der Waals surface area (Å²) in [6.07, 6.45) is 4.87. The van der Waals surface area contributed by atoms with E-state index < -0.39 is 11.9 Å². The molecule has 0 bridgehead atoms. The number of hydrogen-bond donors (Lipinski definition) is 3. The van der Waals surface area contributed by atoms with Crippen LogP contribution in [0.4, 0.5) is 16.3 Å². The molecule has 0 spiro atoms. The van der Waals surface area contributed by atoms with Crippen LogP contribution in [0.25, 0.3) is 5.69 Å². The number of anilines is 2. The van der Waals surface area contributed by atoms with E-state index in [1.807, 2.05) is 68.4 Å². The number of nitrogens with zero attached hydrogens (tertiary/aromatic N) is 4. The lowest BCUT2D eigenvalue weighted by Crippen LogP contribution is -2.34. The Hall–Kier alpha value is -4.37. The van der Waals surface area contributed by atoms with Crippen molar-refractivity contribution in [2.75, 3.05) is 23.7 Å². The Morgan fingerprint density at radius 2 is 1.67 bits per heavy atom. The van der Waals surface area contributed by atoms with Crippen molar-refractivity contribution in [1.29, 1.82) is 0 Å². The third-order valence-electron chi connectivity index (χ3n) is 7.71. The van der Waals surface area contributed by atoms with Crippen LogP contribution in [0.1, 0.15) is 72.5 Å². The summed E-state index contributed by atoms with van der Waals surface area (Å²) in [5.41, 5.74) is 5.08. The standard InChI is InChI=1S/C33H39N7O2/c1-21-10-12-24(13-11-21)40-29(18-28(39-40)33(3,4)5)38-32(42)37-26-9-7-6-8-25(26)30(23-14-16-34-17-15-23)31(41)27-20-35-22(2)19-36-27/h6-13,18-20,23,30,34H,14-17H2,1-5H3,(H2,37,38,42). The first kappa shape index (κ1) is 29.1. The van der Waals surface area contributed by atoms with E-state index in [1.165, 1.54) is 0 Å². The van der Waals surface area contributed by atoms with Gasteiger partial charge in [0.05, 0.1) is 29.2 Å². The molecule has 2 aromatic heterocycles. The molecule has 0 aliphatic carbocycles. The maximum Gasteiger partial charge on any atom is 0.324 e. The Labute approximate surface area is 247 Å². The fourth-order valence-corrected chi connectivity index (χ4v) is 5.34. The molecule has 9 nitrogen and oxygen atoms in total. The maximum absolute atomic E-state index is 13.9. The molecule has 3 N–H and O–H groups in total. The quantitative estimate of drug-likeness (QED) is 0.230. The lowest BCUT2D eigenvalue weighted by atomic mass is 9.76. The normalized spacial score (nSPS) is 14.8. The van der Waals surface area contributed by atoms with Crippen LogP contribution in [0.15, 0.2) is 67.0 Å². The van der Waals surface area contributed by atoms with Crippen molar-refractivity contribution in [3.05, 3.63) is 95.2 Å². The number of nitrogens with one attached hydrogen (secondary N) is 3. The third kappa shape index (κ3) is 6.57. The molecule has 9 heteroatoms. The second kappa shape index (κ2) is 12.2. The van der Waals surface area contributed by atoms with Gasteiger partial charge in [-0.05, 0) is 69.5 Å². The predicted molar refractivity (Wildman–Crippen MR) is 166 cm³/mol. The number of aromatic nitrogens is 4. The topological polar surface area (TPSA) is 114 Å². The van der Waals surface area contributed by atoms with Crippen LogP contribution in [0, 0.1) is 19.8 Å². The number of carbonyl (C=O) groups excluding carboxylic acids is 2. The number of para-hydroxylation sites is 1. The van der Waals surface area contributed by atoms with Gasteiger partial charge in [0.1, 0.15) is 11.5 Å². The van der Waals surface area contributed by atoms with E-state index in [1.54, 1.807) is 17.1 Å². The Kier molecular flexibility index (Phi) is 8.49. The molecule has 4 aromatic rings. The second-order valence-electron chi connectivity index (χ2n) is 12.1. The molecule has 0 radical (unpaired) electrons. The first-order valence-corrected chi connectivity index (χ1v) is 14.5. The Morgan fingerprint density at radius 1 is 0.952 bits per heavy atom. The van der Waals surface area contributed by atoms with Gasteiger partial charge in [0.2, 0.25) is 0 Å². The molecule has 1 aliphatic rings. The van der Waals surface area contributed by atoms with Gasteiger partial charge in [0, 0.05) is 23.4 Å². The van der Waals surface area contributed by atoms with Gasteiger partial charge in [0.25, 0.3) is 0 Å². The van der Waals surface area contributed by atoms with E-state index >= 15 is 0 Å². The molecule has 2 amide bonds. The first-order chi connectivity index (χ1) is 20.1. The summed E-state index contributed by atoms with van der Waals surface area (Å²) < 4.78 is 1.75. The Morgan fingerprint density at radius 3 is 2.33 bits per heavy atom. The monoisotopic (exact) mass is 565 g/mol. The molecule has 1 fully saturated rings. The summed E-state index contributed by atoms with van der Waals surface area (Å²) in [6, 6.07) is 17.0. The number of urea groups is 1. The SMILES string of the molecule is Cc1ccc(-n2nc(C(C)(C)C)cc2NC(=O)Nc2ccccc2C(C(=O)c2cnc(C)cn2)C2CCNCC2)cc1. The molecule has 1 saturated heterocycles. The number of benzene rings is 2. The summed E-state index contributed by atoms with van der Waals surface area (Å²) in [7, 11) is 0. The number of carbonyl (C=O) groups is 2. The zero-order valence-electron chi connectivity index (χ0n) is 24.9. The van der Waals surface area contributed by atoms with Gasteiger partial charge in [-0.2, -0.15) is 5.10 Å². The van der Waals surface area contributed by atoms with E-state index in [9.17, 15) is 9.59 Å². The van der Waals surface area contributed by atoms with Crippen LogP contribution in [0.2, 0.25) is 0 Å². The molecular weight excluding hydrogens is 526 g/mol. The zero-order chi connectivity index (χ0) is 29.9. The number of rotatable bonds is 7. The van der Waals surface area contributed by atoms with E-state index in [-0.39, 0.29) is 17.1 Å². The van der Waals surface area contributed by atoms with Gasteiger partial charge < -0.3 is 10.6 Å². The van der Waals surface area contributed by atoms with Gasteiger partial charge in [-0.25, -0.2) is 14.5 Å². The van der Waals surface area contributed by atoms with Crippen molar-refractivity contribution in [2.24, 2.45) is 5.92 Å². The van der Waals surface area contributed by atoms with E-state index in [2.05, 4.69) is 46.7 Å². The van der Waals surface area contributed by atoms with Crippen LogP contribution < -0.4 is 16.0 Å². The minimum atomic E-state index is -0.466. The van der Waals surface area contributed by atoms with E-state index in [4.69, 9.17) is 5.10 Å². The lowest BCUT2D eigenvalue weighted by Gasteiger charge is -2.31. The predicted octanol–water partition coefficient (Wildman–Crippen LogP) is 6.19. The van der Waals surface area contributed by atoms with Crippen LogP contribution >= 0.6 is 0 Å². The average molecular weight is 566 g/mol. The highest BCUT2D eigenvalue weighted by Gasteiger charge is 2.34. The van der Waals surface area contributed by atoms with Crippen molar-refractivity contribution in [3.8, 4) is 5.69 Å². The Balaban J connectivity index is 1.45. The van der Waals surface area contributed by atoms with Gasteiger partial charge in [0.15, 0.2) is 5.78 Å². The minimum absolute atomic E-state index is 0.0867. The second-order valence-corrected chi connectivity index (χ2v) is 12.1. The van der Waals surface area contributed by atoms with E-state index in [0.717, 1.165) is 54.1 Å². The first-order valence-electron chi connectivity index (χ1n) is 14.5. The van der Waals surface area contributed by atoms with Crippen molar-refractivity contribution < 1.29 is 9.59 Å². The minimum Gasteiger partial charge on any atom is -0.317 e. The maximum atomic E-state index is 13.9. The van der Waals surface area contributed by atoms with Crippen molar-refractivity contribution in [2.45, 2.75) is 58.8 Å². The number of Topliss-reactive ketones (excluding diaryl/α,β-unsaturated/α-hetero) is 1. The van der Waals surface area contributed by atoms with Crippen LogP contribution in [0.5, 0.6) is 0 Å². The van der Waals surface area contributed by atoms with Crippen molar-refractivity contribution in [3.63, 3.8) is 0 Å². The fourth-order valence-electron chi connectivity index (χ4n) is 5.34. The molecule has 42 heavy (non-hydrogen) atoms. The molecular formula is C33H39N7O2. The van der Waals surface area contributed by atoms with E-state index in [0.29, 0.717) is 17.2 Å². The summed E-state index contributed by atoms with van der Waals surface area (Å²) >= 11 is 0. The molecule has 3 heterocycles. The molecule has 1 unspecified atom stereocenters. The summed E-state index contributed by atoms with van der Waals surface area (Å²) in [5, 5.41) is 14.3. The summed E-state index contributed by atoms with van der Waals surface area (Å²) in [5.74, 6) is 0.104. The summed E-state index contributed by atoms with van der Waals surface area (Å²) in [6.45, 7) is 11.8. The van der Waals surface area contributed by atoms with Gasteiger partial charge in [-0.15, -0.1) is 0 Å². The largest absolute Gasteiger partial charge is 0.324 e. The lowest BCUT2D eigenvalue weighted by molar-refractivity contribution is 0.0910. The van der Waals surface area contributed by atoms with Gasteiger partial charge in [-0.3, -0.25) is 15.1 Å². The zero-order valence-corrected chi connectivity index (χ0v) is 24.9. The molecule has 2 aromatic carbocycles. The van der Waals surface area contributed by atoms with Gasteiger partial charge in [-0.1, -0.05) is 56.7 Å². The number of aryl methyl sites for hydroxylation is 2. The smallest absolute Gasteiger partial charge is 0.317 e. The molecule has 0 saturated carbocycles. The fraction of sp³-hybridized carbons (Fsp3) is 0.364. The summed E-state index contributed by atoms with van der Waals surface area (Å²) in [4.78, 5) is 36.2. The van der Waals surface area contributed by atoms with Crippen LogP contribution in [-0.2, 0) is 5.41 Å². The molecule has 5 rings (SSSR count).